The summed E-state index contributed by atoms with van der Waals surface area (Å²) in [6.07, 6.45) is 9.44. The monoisotopic (exact) mass is 400 g/mol. The van der Waals surface area contributed by atoms with Crippen molar-refractivity contribution in [1.82, 2.24) is 15.6 Å². The summed E-state index contributed by atoms with van der Waals surface area (Å²) in [4.78, 5) is 40.3. The molecule has 1 aliphatic carbocycles. The predicted molar refractivity (Wildman–Crippen MR) is 105 cm³/mol. The second-order valence-corrected chi connectivity index (χ2v) is 6.46. The number of carbonyl (C=O) groups excluding carboxylic acids is 3. The minimum atomic E-state index is -1.16. The smallest absolute Gasteiger partial charge is 0.247 e. The maximum Gasteiger partial charge on any atom is 0.247 e. The molecule has 8 N–H and O–H groups in total. The molecule has 1 aliphatic rings. The first kappa shape index (κ1) is 21.5. The summed E-state index contributed by atoms with van der Waals surface area (Å²) in [5.41, 5.74) is 18.7. The highest BCUT2D eigenvalue weighted by Crippen LogP contribution is 2.08. The molecule has 0 bridgehead atoms. The van der Waals surface area contributed by atoms with Crippen LogP contribution < -0.4 is 27.8 Å². The first-order valence-corrected chi connectivity index (χ1v) is 8.81. The Morgan fingerprint density at radius 2 is 1.93 bits per heavy atom. The molecule has 0 saturated carbocycles. The third kappa shape index (κ3) is 7.37. The number of nitrogens with one attached hydrogen (secondary N) is 2. The highest BCUT2D eigenvalue weighted by atomic mass is 16.3. The molecule has 0 aromatic carbocycles. The first-order valence-electron chi connectivity index (χ1n) is 8.81. The Bertz CT molecular complexity index is 910. The van der Waals surface area contributed by atoms with Crippen LogP contribution in [0.4, 0.5) is 0 Å². The summed E-state index contributed by atoms with van der Waals surface area (Å²) >= 11 is 0. The van der Waals surface area contributed by atoms with Crippen LogP contribution in [0.1, 0.15) is 24.4 Å². The lowest BCUT2D eigenvalue weighted by Crippen LogP contribution is -2.48. The number of nitrogens with zero attached hydrogens (tertiary/aromatic N) is 1. The van der Waals surface area contributed by atoms with E-state index in [9.17, 15) is 14.4 Å². The molecule has 154 valence electrons. The summed E-state index contributed by atoms with van der Waals surface area (Å²) in [6, 6.07) is -1.16. The number of allylic oxidation sites excluding steroid dienone is 5. The van der Waals surface area contributed by atoms with Crippen LogP contribution in [-0.2, 0) is 20.8 Å². The zero-order valence-corrected chi connectivity index (χ0v) is 16.0. The minimum absolute atomic E-state index is 0.108. The van der Waals surface area contributed by atoms with Gasteiger partial charge in [-0.2, -0.15) is 0 Å². The van der Waals surface area contributed by atoms with Crippen molar-refractivity contribution in [1.29, 1.82) is 0 Å². The number of rotatable bonds is 7. The number of hydrogen-bond donors (Lipinski definition) is 5. The predicted octanol–water partition coefficient (Wildman–Crippen LogP) is -0.469. The lowest BCUT2D eigenvalue weighted by atomic mass is 10.1. The maximum atomic E-state index is 12.7. The van der Waals surface area contributed by atoms with Crippen molar-refractivity contribution in [2.45, 2.75) is 32.2 Å². The Morgan fingerprint density at radius 1 is 1.21 bits per heavy atom. The average molecular weight is 400 g/mol. The molecule has 1 aromatic rings. The molecule has 1 heterocycles. The summed E-state index contributed by atoms with van der Waals surface area (Å²) in [7, 11) is 0. The van der Waals surface area contributed by atoms with E-state index >= 15 is 0 Å². The summed E-state index contributed by atoms with van der Waals surface area (Å²) < 4.78 is 5.04. The van der Waals surface area contributed by atoms with Gasteiger partial charge in [-0.1, -0.05) is 12.2 Å². The zero-order chi connectivity index (χ0) is 21.4. The van der Waals surface area contributed by atoms with Crippen LogP contribution in [-0.4, -0.2) is 28.7 Å². The number of aromatic nitrogens is 1. The molecule has 0 spiro atoms. The SMILES string of the molecule is Cc1nc(CC(=O)N[C@@H](CC(N)=O)C(=O)NC2=C/C=C\C=C(\N)C/C(N)=C\2)co1. The van der Waals surface area contributed by atoms with Crippen molar-refractivity contribution in [2.24, 2.45) is 17.2 Å². The number of aryl methyl sites for hydroxylation is 1. The average Bonchev–Trinajstić information content (AvgIpc) is 3.03. The molecule has 0 unspecified atom stereocenters. The summed E-state index contributed by atoms with van der Waals surface area (Å²) in [5.74, 6) is -1.44. The van der Waals surface area contributed by atoms with Crippen molar-refractivity contribution >= 4 is 17.7 Å². The molecule has 2 rings (SSSR count). The highest BCUT2D eigenvalue weighted by Gasteiger charge is 2.24. The van der Waals surface area contributed by atoms with Crippen LogP contribution in [0.5, 0.6) is 0 Å². The quantitative estimate of drug-likeness (QED) is 0.410. The van der Waals surface area contributed by atoms with Crippen molar-refractivity contribution in [2.75, 3.05) is 0 Å². The van der Waals surface area contributed by atoms with E-state index < -0.39 is 23.8 Å². The van der Waals surface area contributed by atoms with Crippen LogP contribution in [0.3, 0.4) is 0 Å². The van der Waals surface area contributed by atoms with Gasteiger partial charge in [0.2, 0.25) is 17.7 Å². The summed E-state index contributed by atoms with van der Waals surface area (Å²) in [6.45, 7) is 1.65. The standard InChI is InChI=1S/C19H24N6O4/c1-11-23-15(10-29-11)8-18(27)25-16(9-17(22)26)19(28)24-14-5-3-2-4-12(20)6-13(21)7-14/h2-5,7,10,16H,6,8-9,20-21H2,1H3,(H2,22,26)(H,24,28)(H,25,27)/b3-2-,12-4+,13-7+,14-5+/t16-/m0/s1. The van der Waals surface area contributed by atoms with Gasteiger partial charge in [-0.3, -0.25) is 14.4 Å². The number of carbonyl (C=O) groups is 3. The highest BCUT2D eigenvalue weighted by molar-refractivity contribution is 5.93. The normalized spacial score (nSPS) is 21.5. The van der Waals surface area contributed by atoms with E-state index in [1.165, 1.54) is 6.26 Å². The van der Waals surface area contributed by atoms with Crippen molar-refractivity contribution < 1.29 is 18.8 Å². The topological polar surface area (TPSA) is 179 Å². The van der Waals surface area contributed by atoms with Crippen LogP contribution in [0.2, 0.25) is 0 Å². The fraction of sp³-hybridized carbons (Fsp3) is 0.263. The van der Waals surface area contributed by atoms with Crippen LogP contribution in [0.25, 0.3) is 0 Å². The Morgan fingerprint density at radius 3 is 2.59 bits per heavy atom. The van der Waals surface area contributed by atoms with Crippen LogP contribution in [0, 0.1) is 6.92 Å². The molecule has 10 nitrogen and oxygen atoms in total. The number of oxazole rings is 1. The molecule has 0 fully saturated rings. The van der Waals surface area contributed by atoms with Crippen LogP contribution >= 0.6 is 0 Å². The molecule has 1 aromatic heterocycles. The minimum Gasteiger partial charge on any atom is -0.449 e. The van der Waals surface area contributed by atoms with E-state index in [0.29, 0.717) is 35.1 Å². The fourth-order valence-corrected chi connectivity index (χ4v) is 2.55. The van der Waals surface area contributed by atoms with Gasteiger partial charge >= 0.3 is 0 Å². The van der Waals surface area contributed by atoms with E-state index in [-0.39, 0.29) is 12.8 Å². The van der Waals surface area contributed by atoms with E-state index in [1.807, 2.05) is 0 Å². The van der Waals surface area contributed by atoms with Crippen molar-refractivity contribution in [3.8, 4) is 0 Å². The van der Waals surface area contributed by atoms with Gasteiger partial charge in [0.25, 0.3) is 0 Å². The van der Waals surface area contributed by atoms with Gasteiger partial charge in [0, 0.05) is 30.4 Å². The van der Waals surface area contributed by atoms with Gasteiger partial charge in [0.15, 0.2) is 5.89 Å². The molecule has 0 saturated heterocycles. The van der Waals surface area contributed by atoms with Gasteiger partial charge in [0.1, 0.15) is 12.3 Å². The first-order chi connectivity index (χ1) is 13.7. The van der Waals surface area contributed by atoms with E-state index in [2.05, 4.69) is 15.6 Å². The van der Waals surface area contributed by atoms with Gasteiger partial charge in [-0.15, -0.1) is 0 Å². The number of primary amides is 1. The fourth-order valence-electron chi connectivity index (χ4n) is 2.55. The van der Waals surface area contributed by atoms with Gasteiger partial charge in [0.05, 0.1) is 18.5 Å². The molecular weight excluding hydrogens is 376 g/mol. The molecule has 0 radical (unpaired) electrons. The second kappa shape index (κ2) is 9.93. The molecule has 10 heteroatoms. The molecular formula is C19H24N6O4. The molecule has 1 atom stereocenters. The number of nitrogens with two attached hydrogens (primary N) is 3. The van der Waals surface area contributed by atoms with Gasteiger partial charge in [-0.25, -0.2) is 4.98 Å². The van der Waals surface area contributed by atoms with Crippen molar-refractivity contribution in [3.05, 3.63) is 65.3 Å². The third-order valence-electron chi connectivity index (χ3n) is 3.78. The maximum absolute atomic E-state index is 12.7. The van der Waals surface area contributed by atoms with E-state index in [1.54, 1.807) is 37.3 Å². The van der Waals surface area contributed by atoms with Crippen LogP contribution in [0.15, 0.2) is 58.2 Å². The second-order valence-electron chi connectivity index (χ2n) is 6.46. The van der Waals surface area contributed by atoms with Crippen molar-refractivity contribution in [3.63, 3.8) is 0 Å². The Kier molecular flexibility index (Phi) is 7.35. The summed E-state index contributed by atoms with van der Waals surface area (Å²) in [5, 5.41) is 5.13. The third-order valence-corrected chi connectivity index (χ3v) is 3.78. The molecule has 29 heavy (non-hydrogen) atoms. The Hall–Kier alpha value is -3.82. The number of amides is 3. The zero-order valence-electron chi connectivity index (χ0n) is 16.0. The number of hydrogen-bond acceptors (Lipinski definition) is 7. The largest absolute Gasteiger partial charge is 0.449 e. The van der Waals surface area contributed by atoms with Gasteiger partial charge in [-0.05, 0) is 18.2 Å². The van der Waals surface area contributed by atoms with E-state index in [4.69, 9.17) is 21.6 Å². The molecule has 0 aliphatic heterocycles. The van der Waals surface area contributed by atoms with E-state index in [0.717, 1.165) is 0 Å². The Balaban J connectivity index is 2.08. The Labute approximate surface area is 167 Å². The lowest BCUT2D eigenvalue weighted by Gasteiger charge is -2.17. The van der Waals surface area contributed by atoms with Gasteiger partial charge < -0.3 is 32.3 Å². The lowest BCUT2D eigenvalue weighted by molar-refractivity contribution is -0.130. The molecule has 3 amide bonds.